The van der Waals surface area contributed by atoms with E-state index in [1.165, 1.54) is 0 Å². The van der Waals surface area contributed by atoms with Crippen LogP contribution in [0.2, 0.25) is 0 Å². The van der Waals surface area contributed by atoms with Crippen molar-refractivity contribution in [2.24, 2.45) is 0 Å². The van der Waals surface area contributed by atoms with Crippen LogP contribution in [-0.2, 0) is 10.0 Å². The maximum atomic E-state index is 12.5. The zero-order chi connectivity index (χ0) is 14.0. The molecule has 2 N–H and O–H groups in total. The molecule has 0 aliphatic carbocycles. The second-order valence-electron chi connectivity index (χ2n) is 5.39. The van der Waals surface area contributed by atoms with Crippen LogP contribution in [0.25, 0.3) is 0 Å². The van der Waals surface area contributed by atoms with E-state index < -0.39 is 10.0 Å². The summed E-state index contributed by atoms with van der Waals surface area (Å²) >= 11 is 0. The predicted octanol–water partition coefficient (Wildman–Crippen LogP) is 1.64. The number of nitrogens with one attached hydrogen (secondary N) is 2. The van der Waals surface area contributed by atoms with Crippen LogP contribution in [0, 0.1) is 20.8 Å². The highest BCUT2D eigenvalue weighted by Crippen LogP contribution is 2.22. The van der Waals surface area contributed by atoms with Crippen molar-refractivity contribution in [1.82, 2.24) is 10.0 Å². The summed E-state index contributed by atoms with van der Waals surface area (Å²) in [5, 5.41) is 3.22. The van der Waals surface area contributed by atoms with Crippen molar-refractivity contribution in [2.45, 2.75) is 44.6 Å². The predicted molar refractivity (Wildman–Crippen MR) is 76.9 cm³/mol. The average molecular weight is 282 g/mol. The zero-order valence-electron chi connectivity index (χ0n) is 11.8. The Bertz CT molecular complexity index is 538. The van der Waals surface area contributed by atoms with Gasteiger partial charge in [0.25, 0.3) is 0 Å². The highest BCUT2D eigenvalue weighted by atomic mass is 32.2. The maximum Gasteiger partial charge on any atom is 0.241 e. The van der Waals surface area contributed by atoms with Gasteiger partial charge in [-0.15, -0.1) is 0 Å². The fourth-order valence-electron chi connectivity index (χ4n) is 2.82. The molecule has 1 fully saturated rings. The smallest absolute Gasteiger partial charge is 0.241 e. The summed E-state index contributed by atoms with van der Waals surface area (Å²) in [5.41, 5.74) is 2.72. The first-order valence-corrected chi connectivity index (χ1v) is 8.19. The summed E-state index contributed by atoms with van der Waals surface area (Å²) in [6.45, 7) is 7.38. The lowest BCUT2D eigenvalue weighted by atomic mass is 10.1. The Kier molecular flexibility index (Phi) is 4.28. The molecule has 1 atom stereocenters. The monoisotopic (exact) mass is 282 g/mol. The van der Waals surface area contributed by atoms with E-state index in [1.807, 2.05) is 32.9 Å². The van der Waals surface area contributed by atoms with Crippen LogP contribution in [0.5, 0.6) is 0 Å². The van der Waals surface area contributed by atoms with Crippen LogP contribution < -0.4 is 10.0 Å². The zero-order valence-corrected chi connectivity index (χ0v) is 12.6. The van der Waals surface area contributed by atoms with Gasteiger partial charge in [-0.1, -0.05) is 17.7 Å². The Labute approximate surface area is 115 Å². The first-order chi connectivity index (χ1) is 8.90. The maximum absolute atomic E-state index is 12.5. The molecule has 0 radical (unpaired) electrons. The van der Waals surface area contributed by atoms with E-state index in [0.29, 0.717) is 11.4 Å². The first kappa shape index (κ1) is 14.5. The van der Waals surface area contributed by atoms with Gasteiger partial charge in [0.05, 0.1) is 4.90 Å². The van der Waals surface area contributed by atoms with E-state index in [9.17, 15) is 8.42 Å². The quantitative estimate of drug-likeness (QED) is 0.886. The summed E-state index contributed by atoms with van der Waals surface area (Å²) in [5.74, 6) is 0. The number of rotatable bonds is 3. The van der Waals surface area contributed by atoms with Crippen molar-refractivity contribution < 1.29 is 8.42 Å². The minimum Gasteiger partial charge on any atom is -0.315 e. The van der Waals surface area contributed by atoms with Gasteiger partial charge >= 0.3 is 0 Å². The standard InChI is InChI=1S/C14H22N2O2S/c1-10-7-11(2)14(12(3)8-10)19(17,18)16-13-5-4-6-15-9-13/h7-8,13,15-16H,4-6,9H2,1-3H3. The van der Waals surface area contributed by atoms with E-state index in [1.54, 1.807) is 0 Å². The van der Waals surface area contributed by atoms with Gasteiger partial charge in [0, 0.05) is 12.6 Å². The van der Waals surface area contributed by atoms with Crippen molar-refractivity contribution >= 4 is 10.0 Å². The second-order valence-corrected chi connectivity index (χ2v) is 7.04. The molecule has 1 unspecified atom stereocenters. The van der Waals surface area contributed by atoms with Gasteiger partial charge in [0.1, 0.15) is 0 Å². The number of hydrogen-bond acceptors (Lipinski definition) is 3. The van der Waals surface area contributed by atoms with Gasteiger partial charge < -0.3 is 5.32 Å². The molecule has 4 nitrogen and oxygen atoms in total. The Morgan fingerprint density at radius 3 is 2.37 bits per heavy atom. The van der Waals surface area contributed by atoms with Crippen LogP contribution in [0.4, 0.5) is 0 Å². The lowest BCUT2D eigenvalue weighted by Crippen LogP contribution is -2.45. The Morgan fingerprint density at radius 2 is 1.84 bits per heavy atom. The van der Waals surface area contributed by atoms with E-state index >= 15 is 0 Å². The highest BCUT2D eigenvalue weighted by molar-refractivity contribution is 7.89. The van der Waals surface area contributed by atoms with Crippen molar-refractivity contribution in [3.63, 3.8) is 0 Å². The van der Waals surface area contributed by atoms with Gasteiger partial charge in [-0.2, -0.15) is 0 Å². The molecular formula is C14H22N2O2S. The summed E-state index contributed by atoms with van der Waals surface area (Å²) in [6.07, 6.45) is 1.91. The molecule has 5 heteroatoms. The van der Waals surface area contributed by atoms with Crippen LogP contribution in [0.1, 0.15) is 29.5 Å². The topological polar surface area (TPSA) is 58.2 Å². The number of aryl methyl sites for hydroxylation is 3. The molecule has 2 rings (SSSR count). The molecule has 0 saturated carbocycles. The summed E-state index contributed by atoms with van der Waals surface area (Å²) < 4.78 is 27.9. The van der Waals surface area contributed by atoms with Crippen LogP contribution in [0.3, 0.4) is 0 Å². The van der Waals surface area contributed by atoms with E-state index in [2.05, 4.69) is 10.0 Å². The van der Waals surface area contributed by atoms with Gasteiger partial charge in [-0.25, -0.2) is 13.1 Å². The molecule has 1 aliphatic heterocycles. The summed E-state index contributed by atoms with van der Waals surface area (Å²) in [7, 11) is -3.43. The molecule has 106 valence electrons. The van der Waals surface area contributed by atoms with Gasteiger partial charge in [-0.05, 0) is 51.3 Å². The lowest BCUT2D eigenvalue weighted by molar-refractivity contribution is 0.428. The van der Waals surface area contributed by atoms with Crippen LogP contribution in [-0.4, -0.2) is 27.5 Å². The molecule has 0 aromatic heterocycles. The van der Waals surface area contributed by atoms with Crippen molar-refractivity contribution in [1.29, 1.82) is 0 Å². The van der Waals surface area contributed by atoms with Gasteiger partial charge in [-0.3, -0.25) is 0 Å². The Morgan fingerprint density at radius 1 is 1.21 bits per heavy atom. The number of benzene rings is 1. The lowest BCUT2D eigenvalue weighted by Gasteiger charge is -2.24. The summed E-state index contributed by atoms with van der Waals surface area (Å²) in [6, 6.07) is 3.83. The molecular weight excluding hydrogens is 260 g/mol. The molecule has 0 bridgehead atoms. The molecule has 19 heavy (non-hydrogen) atoms. The average Bonchev–Trinajstić information content (AvgIpc) is 2.27. The minimum atomic E-state index is -3.43. The minimum absolute atomic E-state index is 0.00106. The molecule has 1 aromatic carbocycles. The van der Waals surface area contributed by atoms with Gasteiger partial charge in [0.2, 0.25) is 10.0 Å². The Hall–Kier alpha value is -0.910. The van der Waals surface area contributed by atoms with Crippen LogP contribution in [0.15, 0.2) is 17.0 Å². The molecule has 1 heterocycles. The molecule has 0 spiro atoms. The van der Waals surface area contributed by atoms with Gasteiger partial charge in [0.15, 0.2) is 0 Å². The second kappa shape index (κ2) is 5.61. The fourth-order valence-corrected chi connectivity index (χ4v) is 4.54. The van der Waals surface area contributed by atoms with Crippen molar-refractivity contribution in [2.75, 3.05) is 13.1 Å². The molecule has 1 saturated heterocycles. The Balaban J connectivity index is 2.29. The van der Waals surface area contributed by atoms with Crippen LogP contribution >= 0.6 is 0 Å². The van der Waals surface area contributed by atoms with Crippen molar-refractivity contribution in [3.05, 3.63) is 28.8 Å². The third-order valence-electron chi connectivity index (χ3n) is 3.49. The van der Waals surface area contributed by atoms with E-state index in [0.717, 1.165) is 36.1 Å². The third-order valence-corrected chi connectivity index (χ3v) is 5.32. The molecule has 1 aromatic rings. The largest absolute Gasteiger partial charge is 0.315 e. The molecule has 0 amide bonds. The van der Waals surface area contributed by atoms with E-state index in [-0.39, 0.29) is 6.04 Å². The first-order valence-electron chi connectivity index (χ1n) is 6.71. The number of piperidine rings is 1. The summed E-state index contributed by atoms with van der Waals surface area (Å²) in [4.78, 5) is 0.434. The van der Waals surface area contributed by atoms with E-state index in [4.69, 9.17) is 0 Å². The fraction of sp³-hybridized carbons (Fsp3) is 0.571. The normalized spacial score (nSPS) is 20.5. The SMILES string of the molecule is Cc1cc(C)c(S(=O)(=O)NC2CCCNC2)c(C)c1. The number of hydrogen-bond donors (Lipinski definition) is 2. The highest BCUT2D eigenvalue weighted by Gasteiger charge is 2.24. The molecule has 1 aliphatic rings. The van der Waals surface area contributed by atoms with Crippen molar-refractivity contribution in [3.8, 4) is 0 Å². The number of sulfonamides is 1. The third kappa shape index (κ3) is 3.35.